The van der Waals surface area contributed by atoms with Crippen LogP contribution in [0.25, 0.3) is 0 Å². The Morgan fingerprint density at radius 2 is 1.56 bits per heavy atom. The molecule has 0 fully saturated rings. The first kappa shape index (κ1) is 18.4. The molecule has 0 aliphatic rings. The van der Waals surface area contributed by atoms with E-state index in [0.29, 0.717) is 17.0 Å². The minimum Gasteiger partial charge on any atom is -0.479 e. The Labute approximate surface area is 145 Å². The van der Waals surface area contributed by atoms with E-state index in [-0.39, 0.29) is 17.8 Å². The van der Waals surface area contributed by atoms with E-state index in [1.54, 1.807) is 45.0 Å². The van der Waals surface area contributed by atoms with E-state index in [4.69, 9.17) is 9.47 Å². The molecular weight excluding hydrogens is 325 g/mol. The molecule has 0 bridgehead atoms. The summed E-state index contributed by atoms with van der Waals surface area (Å²) in [6, 6.07) is 11.8. The SMILES string of the molecule is CC(C)OC(=O)[C@H](C)Oc1ccc(C(=O)Nc2ccc(F)cc2)cc1. The number of anilines is 1. The molecule has 132 valence electrons. The van der Waals surface area contributed by atoms with Crippen molar-refractivity contribution < 1.29 is 23.5 Å². The van der Waals surface area contributed by atoms with E-state index in [2.05, 4.69) is 5.32 Å². The molecule has 6 heteroatoms. The topological polar surface area (TPSA) is 64.6 Å². The first-order valence-electron chi connectivity index (χ1n) is 7.89. The lowest BCUT2D eigenvalue weighted by atomic mass is 10.2. The van der Waals surface area contributed by atoms with Gasteiger partial charge < -0.3 is 14.8 Å². The zero-order valence-corrected chi connectivity index (χ0v) is 14.3. The van der Waals surface area contributed by atoms with Crippen molar-refractivity contribution in [2.45, 2.75) is 33.0 Å². The summed E-state index contributed by atoms with van der Waals surface area (Å²) in [6.45, 7) is 5.12. The average molecular weight is 345 g/mol. The van der Waals surface area contributed by atoms with Crippen LogP contribution in [0.4, 0.5) is 10.1 Å². The van der Waals surface area contributed by atoms with Crippen LogP contribution in [0.2, 0.25) is 0 Å². The lowest BCUT2D eigenvalue weighted by Gasteiger charge is -2.16. The monoisotopic (exact) mass is 345 g/mol. The van der Waals surface area contributed by atoms with Crippen LogP contribution in [0.5, 0.6) is 5.75 Å². The number of benzene rings is 2. The molecule has 1 amide bonds. The zero-order chi connectivity index (χ0) is 18.4. The van der Waals surface area contributed by atoms with Gasteiger partial charge in [0.15, 0.2) is 6.10 Å². The van der Waals surface area contributed by atoms with Crippen LogP contribution in [0.1, 0.15) is 31.1 Å². The van der Waals surface area contributed by atoms with Crippen molar-refractivity contribution in [3.8, 4) is 5.75 Å². The highest BCUT2D eigenvalue weighted by atomic mass is 19.1. The fourth-order valence-corrected chi connectivity index (χ4v) is 2.00. The van der Waals surface area contributed by atoms with Crippen molar-refractivity contribution in [3.63, 3.8) is 0 Å². The first-order valence-corrected chi connectivity index (χ1v) is 7.89. The average Bonchev–Trinajstić information content (AvgIpc) is 2.57. The van der Waals surface area contributed by atoms with Crippen molar-refractivity contribution in [2.24, 2.45) is 0 Å². The molecule has 5 nitrogen and oxygen atoms in total. The maximum Gasteiger partial charge on any atom is 0.347 e. The van der Waals surface area contributed by atoms with Crippen LogP contribution in [0, 0.1) is 5.82 Å². The van der Waals surface area contributed by atoms with E-state index in [1.807, 2.05) is 0 Å². The van der Waals surface area contributed by atoms with Crippen LogP contribution in [0.3, 0.4) is 0 Å². The summed E-state index contributed by atoms with van der Waals surface area (Å²) in [5.41, 5.74) is 0.908. The Morgan fingerprint density at radius 3 is 2.12 bits per heavy atom. The molecule has 0 aliphatic heterocycles. The van der Waals surface area contributed by atoms with Gasteiger partial charge in [-0.15, -0.1) is 0 Å². The smallest absolute Gasteiger partial charge is 0.347 e. The Balaban J connectivity index is 1.95. The van der Waals surface area contributed by atoms with E-state index >= 15 is 0 Å². The second kappa shape index (κ2) is 8.28. The molecule has 0 saturated carbocycles. The summed E-state index contributed by atoms with van der Waals surface area (Å²) in [5.74, 6) is -0.699. The molecule has 1 N–H and O–H groups in total. The van der Waals surface area contributed by atoms with E-state index in [9.17, 15) is 14.0 Å². The van der Waals surface area contributed by atoms with Gasteiger partial charge >= 0.3 is 5.97 Å². The standard InChI is InChI=1S/C19H20FNO4/c1-12(2)24-19(23)13(3)25-17-10-4-14(5-11-17)18(22)21-16-8-6-15(20)7-9-16/h4-13H,1-3H3,(H,21,22)/t13-/m0/s1. The fourth-order valence-electron chi connectivity index (χ4n) is 2.00. The van der Waals surface area contributed by atoms with Crippen molar-refractivity contribution in [1.82, 2.24) is 0 Å². The number of ether oxygens (including phenoxy) is 2. The van der Waals surface area contributed by atoms with Gasteiger partial charge in [0.2, 0.25) is 0 Å². The Kier molecular flexibility index (Phi) is 6.11. The van der Waals surface area contributed by atoms with Crippen molar-refractivity contribution >= 4 is 17.6 Å². The number of esters is 1. The minimum absolute atomic E-state index is 0.212. The van der Waals surface area contributed by atoms with Gasteiger partial charge in [0, 0.05) is 11.3 Å². The Bertz CT molecular complexity index is 726. The largest absolute Gasteiger partial charge is 0.479 e. The second-order valence-corrected chi connectivity index (χ2v) is 5.73. The van der Waals surface area contributed by atoms with Crippen LogP contribution in [0.15, 0.2) is 48.5 Å². The molecule has 0 heterocycles. The van der Waals surface area contributed by atoms with Gasteiger partial charge in [-0.05, 0) is 69.3 Å². The maximum atomic E-state index is 12.9. The summed E-state index contributed by atoms with van der Waals surface area (Å²) in [5, 5.41) is 2.66. The molecule has 2 aromatic rings. The Hall–Kier alpha value is -2.89. The molecule has 1 atom stereocenters. The molecule has 0 unspecified atom stereocenters. The molecule has 0 spiro atoms. The highest BCUT2D eigenvalue weighted by molar-refractivity contribution is 6.04. The quantitative estimate of drug-likeness (QED) is 0.809. The summed E-state index contributed by atoms with van der Waals surface area (Å²) in [4.78, 5) is 23.9. The van der Waals surface area contributed by atoms with Gasteiger partial charge in [-0.2, -0.15) is 0 Å². The molecule has 2 aromatic carbocycles. The summed E-state index contributed by atoms with van der Waals surface area (Å²) in [6.07, 6.45) is -0.961. The molecule has 0 aromatic heterocycles. The zero-order valence-electron chi connectivity index (χ0n) is 14.3. The van der Waals surface area contributed by atoms with Crippen LogP contribution >= 0.6 is 0 Å². The number of hydrogen-bond acceptors (Lipinski definition) is 4. The van der Waals surface area contributed by atoms with Crippen LogP contribution in [-0.2, 0) is 9.53 Å². The number of carbonyl (C=O) groups is 2. The molecule has 25 heavy (non-hydrogen) atoms. The van der Waals surface area contributed by atoms with E-state index in [0.717, 1.165) is 0 Å². The minimum atomic E-state index is -0.749. The lowest BCUT2D eigenvalue weighted by molar-refractivity contribution is -0.154. The normalized spacial score (nSPS) is 11.7. The number of amides is 1. The van der Waals surface area contributed by atoms with Gasteiger partial charge in [-0.3, -0.25) is 4.79 Å². The van der Waals surface area contributed by atoms with Crippen LogP contribution < -0.4 is 10.1 Å². The predicted octanol–water partition coefficient (Wildman–Crippen LogP) is 3.80. The summed E-state index contributed by atoms with van der Waals surface area (Å²) < 4.78 is 23.4. The van der Waals surface area contributed by atoms with Crippen molar-refractivity contribution in [1.29, 1.82) is 0 Å². The number of carbonyl (C=O) groups excluding carboxylic acids is 2. The highest BCUT2D eigenvalue weighted by Gasteiger charge is 2.17. The fraction of sp³-hybridized carbons (Fsp3) is 0.263. The molecular formula is C19H20FNO4. The molecule has 0 aliphatic carbocycles. The number of halogens is 1. The third-order valence-corrected chi connectivity index (χ3v) is 3.22. The number of hydrogen-bond donors (Lipinski definition) is 1. The van der Waals surface area contributed by atoms with Crippen molar-refractivity contribution in [2.75, 3.05) is 5.32 Å². The van der Waals surface area contributed by atoms with Gasteiger partial charge in [-0.25, -0.2) is 9.18 Å². The van der Waals surface area contributed by atoms with Gasteiger partial charge in [-0.1, -0.05) is 0 Å². The van der Waals surface area contributed by atoms with Crippen LogP contribution in [-0.4, -0.2) is 24.1 Å². The Morgan fingerprint density at radius 1 is 0.960 bits per heavy atom. The molecule has 0 saturated heterocycles. The number of rotatable bonds is 6. The van der Waals surface area contributed by atoms with Gasteiger partial charge in [0.25, 0.3) is 5.91 Å². The van der Waals surface area contributed by atoms with Crippen molar-refractivity contribution in [3.05, 3.63) is 59.9 Å². The summed E-state index contributed by atoms with van der Waals surface area (Å²) >= 11 is 0. The first-order chi connectivity index (χ1) is 11.8. The van der Waals surface area contributed by atoms with E-state index < -0.39 is 12.1 Å². The number of nitrogens with one attached hydrogen (secondary N) is 1. The van der Waals surface area contributed by atoms with Gasteiger partial charge in [0.05, 0.1) is 6.10 Å². The molecule has 0 radical (unpaired) electrons. The van der Waals surface area contributed by atoms with E-state index in [1.165, 1.54) is 24.3 Å². The lowest BCUT2D eigenvalue weighted by Crippen LogP contribution is -2.28. The predicted molar refractivity (Wildman–Crippen MR) is 92.1 cm³/mol. The highest BCUT2D eigenvalue weighted by Crippen LogP contribution is 2.16. The second-order valence-electron chi connectivity index (χ2n) is 5.73. The third kappa shape index (κ3) is 5.60. The third-order valence-electron chi connectivity index (χ3n) is 3.22. The summed E-state index contributed by atoms with van der Waals surface area (Å²) in [7, 11) is 0. The maximum absolute atomic E-state index is 12.9. The molecule has 2 rings (SSSR count). The van der Waals surface area contributed by atoms with Gasteiger partial charge in [0.1, 0.15) is 11.6 Å².